The van der Waals surface area contributed by atoms with Crippen LogP contribution in [0.4, 0.5) is 4.39 Å². The fourth-order valence-electron chi connectivity index (χ4n) is 1.81. The van der Waals surface area contributed by atoms with Crippen LogP contribution in [0.25, 0.3) is 0 Å². The third kappa shape index (κ3) is 2.65. The van der Waals surface area contributed by atoms with Gasteiger partial charge in [-0.1, -0.05) is 6.07 Å². The topological polar surface area (TPSA) is 25.4 Å². The molecule has 0 saturated carbocycles. The van der Waals surface area contributed by atoms with Crippen LogP contribution in [0.2, 0.25) is 0 Å². The van der Waals surface area contributed by atoms with Crippen LogP contribution in [0.3, 0.4) is 0 Å². The SMILES string of the molecule is COc1ccc(CN2CC[C@H](F)C2)cn1. The van der Waals surface area contributed by atoms with E-state index in [0.29, 0.717) is 18.8 Å². The molecule has 0 aliphatic carbocycles. The Labute approximate surface area is 88.9 Å². The molecule has 0 unspecified atom stereocenters. The van der Waals surface area contributed by atoms with E-state index >= 15 is 0 Å². The third-order valence-corrected chi connectivity index (χ3v) is 2.63. The fourth-order valence-corrected chi connectivity index (χ4v) is 1.81. The highest BCUT2D eigenvalue weighted by molar-refractivity contribution is 5.17. The van der Waals surface area contributed by atoms with Gasteiger partial charge in [-0.2, -0.15) is 0 Å². The molecule has 1 aromatic heterocycles. The lowest BCUT2D eigenvalue weighted by Gasteiger charge is -2.14. The van der Waals surface area contributed by atoms with Crippen molar-refractivity contribution < 1.29 is 9.13 Å². The summed E-state index contributed by atoms with van der Waals surface area (Å²) in [5, 5.41) is 0. The Bertz CT molecular complexity index is 315. The quantitative estimate of drug-likeness (QED) is 0.758. The Morgan fingerprint density at radius 3 is 3.00 bits per heavy atom. The molecule has 0 radical (unpaired) electrons. The van der Waals surface area contributed by atoms with Gasteiger partial charge in [0.05, 0.1) is 7.11 Å². The van der Waals surface area contributed by atoms with Crippen LogP contribution in [0.15, 0.2) is 18.3 Å². The fraction of sp³-hybridized carbons (Fsp3) is 0.545. The third-order valence-electron chi connectivity index (χ3n) is 2.63. The number of ether oxygens (including phenoxy) is 1. The van der Waals surface area contributed by atoms with Crippen LogP contribution in [0, 0.1) is 0 Å². The van der Waals surface area contributed by atoms with Gasteiger partial charge in [-0.15, -0.1) is 0 Å². The number of aromatic nitrogens is 1. The first-order valence-electron chi connectivity index (χ1n) is 5.13. The lowest BCUT2D eigenvalue weighted by Crippen LogP contribution is -2.20. The summed E-state index contributed by atoms with van der Waals surface area (Å²) in [5.41, 5.74) is 1.10. The molecule has 1 fully saturated rings. The smallest absolute Gasteiger partial charge is 0.212 e. The number of methoxy groups -OCH3 is 1. The summed E-state index contributed by atoms with van der Waals surface area (Å²) in [5.74, 6) is 0.614. The van der Waals surface area contributed by atoms with Crippen molar-refractivity contribution >= 4 is 0 Å². The molecule has 2 heterocycles. The zero-order valence-corrected chi connectivity index (χ0v) is 8.82. The van der Waals surface area contributed by atoms with Gasteiger partial charge in [-0.05, 0) is 12.0 Å². The molecule has 0 N–H and O–H groups in total. The highest BCUT2D eigenvalue weighted by Gasteiger charge is 2.21. The van der Waals surface area contributed by atoms with E-state index in [1.54, 1.807) is 13.3 Å². The van der Waals surface area contributed by atoms with Crippen molar-refractivity contribution in [3.63, 3.8) is 0 Å². The monoisotopic (exact) mass is 210 g/mol. The standard InChI is InChI=1S/C11H15FN2O/c1-15-11-3-2-9(6-13-11)7-14-5-4-10(12)8-14/h2-3,6,10H,4-5,7-8H2,1H3/t10-/m0/s1. The number of nitrogens with zero attached hydrogens (tertiary/aromatic N) is 2. The molecule has 4 heteroatoms. The zero-order valence-electron chi connectivity index (χ0n) is 8.82. The lowest BCUT2D eigenvalue weighted by atomic mass is 10.2. The first-order chi connectivity index (χ1) is 7.28. The normalized spacial score (nSPS) is 21.9. The molecular weight excluding hydrogens is 195 g/mol. The molecule has 3 nitrogen and oxygen atoms in total. The minimum Gasteiger partial charge on any atom is -0.481 e. The van der Waals surface area contributed by atoms with Crippen LogP contribution in [0.1, 0.15) is 12.0 Å². The van der Waals surface area contributed by atoms with E-state index < -0.39 is 6.17 Å². The predicted octanol–water partition coefficient (Wildman–Crippen LogP) is 1.63. The predicted molar refractivity (Wildman–Crippen MR) is 55.6 cm³/mol. The molecular formula is C11H15FN2O. The molecule has 15 heavy (non-hydrogen) atoms. The Kier molecular flexibility index (Phi) is 3.16. The first-order valence-corrected chi connectivity index (χ1v) is 5.13. The van der Waals surface area contributed by atoms with Crippen molar-refractivity contribution in [3.05, 3.63) is 23.9 Å². The second kappa shape index (κ2) is 4.57. The van der Waals surface area contributed by atoms with Gasteiger partial charge in [0.1, 0.15) is 6.17 Å². The minimum absolute atomic E-state index is 0.548. The van der Waals surface area contributed by atoms with E-state index in [4.69, 9.17) is 4.74 Å². The summed E-state index contributed by atoms with van der Waals surface area (Å²) in [4.78, 5) is 6.22. The zero-order chi connectivity index (χ0) is 10.7. The van der Waals surface area contributed by atoms with Gasteiger partial charge in [0, 0.05) is 31.9 Å². The minimum atomic E-state index is -0.656. The molecule has 1 saturated heterocycles. The molecule has 82 valence electrons. The van der Waals surface area contributed by atoms with Crippen molar-refractivity contribution in [2.45, 2.75) is 19.1 Å². The molecule has 1 atom stereocenters. The molecule has 1 aliphatic heterocycles. The maximum absolute atomic E-state index is 12.9. The summed E-state index contributed by atoms with van der Waals surface area (Å²) >= 11 is 0. The molecule has 1 aliphatic rings. The van der Waals surface area contributed by atoms with Gasteiger partial charge in [0.25, 0.3) is 0 Å². The van der Waals surface area contributed by atoms with Gasteiger partial charge in [0.2, 0.25) is 5.88 Å². The van der Waals surface area contributed by atoms with Crippen LogP contribution >= 0.6 is 0 Å². The number of alkyl halides is 1. The summed E-state index contributed by atoms with van der Waals surface area (Å²) < 4.78 is 17.9. The first kappa shape index (κ1) is 10.4. The van der Waals surface area contributed by atoms with Gasteiger partial charge >= 0.3 is 0 Å². The van der Waals surface area contributed by atoms with Gasteiger partial charge in [-0.3, -0.25) is 4.90 Å². The average molecular weight is 210 g/mol. The van der Waals surface area contributed by atoms with Gasteiger partial charge in [-0.25, -0.2) is 9.37 Å². The second-order valence-corrected chi connectivity index (χ2v) is 3.83. The van der Waals surface area contributed by atoms with Crippen molar-refractivity contribution in [1.29, 1.82) is 0 Å². The number of hydrogen-bond acceptors (Lipinski definition) is 3. The van der Waals surface area contributed by atoms with E-state index in [2.05, 4.69) is 9.88 Å². The molecule has 2 rings (SSSR count). The van der Waals surface area contributed by atoms with Crippen molar-refractivity contribution in [2.24, 2.45) is 0 Å². The summed E-state index contributed by atoms with van der Waals surface area (Å²) in [6.07, 6.45) is 1.78. The van der Waals surface area contributed by atoms with E-state index in [-0.39, 0.29) is 0 Å². The number of likely N-dealkylation sites (tertiary alicyclic amines) is 1. The number of pyridine rings is 1. The van der Waals surface area contributed by atoms with Crippen molar-refractivity contribution in [2.75, 3.05) is 20.2 Å². The number of rotatable bonds is 3. The average Bonchev–Trinajstić information content (AvgIpc) is 2.65. The number of hydrogen-bond donors (Lipinski definition) is 0. The molecule has 0 aromatic carbocycles. The summed E-state index contributed by atoms with van der Waals surface area (Å²) in [6, 6.07) is 3.80. The van der Waals surface area contributed by atoms with Crippen LogP contribution in [-0.4, -0.2) is 36.3 Å². The van der Waals surface area contributed by atoms with Crippen molar-refractivity contribution in [1.82, 2.24) is 9.88 Å². The van der Waals surface area contributed by atoms with Crippen LogP contribution < -0.4 is 4.74 Å². The van der Waals surface area contributed by atoms with Gasteiger partial charge in [0.15, 0.2) is 0 Å². The highest BCUT2D eigenvalue weighted by Crippen LogP contribution is 2.16. The largest absolute Gasteiger partial charge is 0.481 e. The second-order valence-electron chi connectivity index (χ2n) is 3.83. The van der Waals surface area contributed by atoms with Crippen molar-refractivity contribution in [3.8, 4) is 5.88 Å². The Morgan fingerprint density at radius 2 is 2.47 bits per heavy atom. The molecule has 0 bridgehead atoms. The van der Waals surface area contributed by atoms with E-state index in [0.717, 1.165) is 18.7 Å². The van der Waals surface area contributed by atoms with E-state index in [1.807, 2.05) is 12.1 Å². The highest BCUT2D eigenvalue weighted by atomic mass is 19.1. The van der Waals surface area contributed by atoms with E-state index in [9.17, 15) is 4.39 Å². The maximum atomic E-state index is 12.9. The lowest BCUT2D eigenvalue weighted by molar-refractivity contribution is 0.282. The summed E-state index contributed by atoms with van der Waals surface area (Å²) in [7, 11) is 1.59. The van der Waals surface area contributed by atoms with Gasteiger partial charge < -0.3 is 4.74 Å². The Hall–Kier alpha value is -1.16. The van der Waals surface area contributed by atoms with E-state index in [1.165, 1.54) is 0 Å². The van der Waals surface area contributed by atoms with Crippen LogP contribution in [-0.2, 0) is 6.54 Å². The van der Waals surface area contributed by atoms with Crippen LogP contribution in [0.5, 0.6) is 5.88 Å². The molecule has 1 aromatic rings. The Balaban J connectivity index is 1.93. The number of halogens is 1. The summed E-state index contributed by atoms with van der Waals surface area (Å²) in [6.45, 7) is 2.16. The Morgan fingerprint density at radius 1 is 1.60 bits per heavy atom. The maximum Gasteiger partial charge on any atom is 0.212 e. The molecule has 0 amide bonds. The molecule has 0 spiro atoms.